The van der Waals surface area contributed by atoms with Crippen LogP contribution in [0.5, 0.6) is 0 Å². The van der Waals surface area contributed by atoms with E-state index in [2.05, 4.69) is 29.3 Å². The summed E-state index contributed by atoms with van der Waals surface area (Å²) < 4.78 is 0. The summed E-state index contributed by atoms with van der Waals surface area (Å²) in [5.74, 6) is 5.34. The quantitative estimate of drug-likeness (QED) is 0.331. The highest BCUT2D eigenvalue weighted by molar-refractivity contribution is 5.98. The van der Waals surface area contributed by atoms with Crippen molar-refractivity contribution in [3.05, 3.63) is 70.8 Å². The summed E-state index contributed by atoms with van der Waals surface area (Å²) in [7, 11) is 0. The van der Waals surface area contributed by atoms with Gasteiger partial charge in [-0.15, -0.1) is 0 Å². The molecular formula is C29H34N2O5. The van der Waals surface area contributed by atoms with E-state index < -0.39 is 30.4 Å². The van der Waals surface area contributed by atoms with Gasteiger partial charge in [0.15, 0.2) is 5.78 Å². The number of amides is 2. The molecule has 0 radical (unpaired) electrons. The van der Waals surface area contributed by atoms with Gasteiger partial charge < -0.3 is 20.4 Å². The molecule has 3 rings (SSSR count). The van der Waals surface area contributed by atoms with E-state index in [1.165, 1.54) is 12.5 Å². The average molecular weight is 491 g/mol. The fraction of sp³-hybridized carbons (Fsp3) is 0.414. The molecule has 7 heteroatoms. The number of aryl methyl sites for hydroxylation is 1. The van der Waals surface area contributed by atoms with Crippen molar-refractivity contribution in [3.63, 3.8) is 0 Å². The normalized spacial score (nSPS) is 14.6. The summed E-state index contributed by atoms with van der Waals surface area (Å²) in [5.41, 5.74) is 3.23. The Bertz CT molecular complexity index is 1100. The first-order valence-corrected chi connectivity index (χ1v) is 12.5. The highest BCUT2D eigenvalue weighted by Gasteiger charge is 2.25. The molecule has 2 aromatic rings. The number of unbranched alkanes of at least 4 members (excludes halogenated alkanes) is 2. The first-order valence-electron chi connectivity index (χ1n) is 12.5. The molecule has 7 nitrogen and oxygen atoms in total. The van der Waals surface area contributed by atoms with Crippen LogP contribution in [0.4, 0.5) is 0 Å². The smallest absolute Gasteiger partial charge is 0.251 e. The molecule has 1 heterocycles. The Morgan fingerprint density at radius 3 is 2.19 bits per heavy atom. The summed E-state index contributed by atoms with van der Waals surface area (Å²) in [6.07, 6.45) is 4.85. The number of nitrogens with zero attached hydrogens (tertiary/aromatic N) is 1. The van der Waals surface area contributed by atoms with Crippen LogP contribution in [0.1, 0.15) is 66.1 Å². The number of carbonyl (C=O) groups is 3. The van der Waals surface area contributed by atoms with Crippen molar-refractivity contribution in [1.29, 1.82) is 0 Å². The van der Waals surface area contributed by atoms with Crippen LogP contribution in [0, 0.1) is 11.8 Å². The molecule has 1 aliphatic heterocycles. The molecule has 0 aromatic heterocycles. The van der Waals surface area contributed by atoms with Crippen LogP contribution in [-0.2, 0) is 16.0 Å². The SMILES string of the molecule is C[C@@H](O)[C@H](NC(=O)c1ccc(C#Cc2ccc(CCCCCN3CCCC3=O)cc2)cc1)C(=O)CO. The van der Waals surface area contributed by atoms with Crippen molar-refractivity contribution in [2.45, 2.75) is 57.6 Å². The Morgan fingerprint density at radius 1 is 1.00 bits per heavy atom. The molecule has 1 aliphatic rings. The van der Waals surface area contributed by atoms with E-state index in [4.69, 9.17) is 5.11 Å². The molecule has 0 saturated carbocycles. The molecule has 190 valence electrons. The lowest BCUT2D eigenvalue weighted by Crippen LogP contribution is -2.48. The van der Waals surface area contributed by atoms with E-state index in [0.29, 0.717) is 17.9 Å². The minimum absolute atomic E-state index is 0.297. The van der Waals surface area contributed by atoms with Crippen molar-refractivity contribution in [2.24, 2.45) is 0 Å². The van der Waals surface area contributed by atoms with Crippen LogP contribution in [0.25, 0.3) is 0 Å². The van der Waals surface area contributed by atoms with Crippen LogP contribution in [0.15, 0.2) is 48.5 Å². The third kappa shape index (κ3) is 8.04. The van der Waals surface area contributed by atoms with Gasteiger partial charge in [0.1, 0.15) is 12.6 Å². The highest BCUT2D eigenvalue weighted by Crippen LogP contribution is 2.13. The monoisotopic (exact) mass is 490 g/mol. The number of hydrogen-bond donors (Lipinski definition) is 3. The molecule has 0 aliphatic carbocycles. The summed E-state index contributed by atoms with van der Waals surface area (Å²) in [5, 5.41) is 21.1. The molecule has 0 unspecified atom stereocenters. The van der Waals surface area contributed by atoms with Crippen molar-refractivity contribution in [3.8, 4) is 11.8 Å². The molecule has 2 atom stereocenters. The average Bonchev–Trinajstić information content (AvgIpc) is 3.30. The molecule has 36 heavy (non-hydrogen) atoms. The number of nitrogens with one attached hydrogen (secondary N) is 1. The number of rotatable bonds is 11. The molecule has 1 saturated heterocycles. The molecule has 2 aromatic carbocycles. The van der Waals surface area contributed by atoms with Gasteiger partial charge in [-0.25, -0.2) is 0 Å². The van der Waals surface area contributed by atoms with Crippen LogP contribution < -0.4 is 5.32 Å². The zero-order valence-electron chi connectivity index (χ0n) is 20.7. The second-order valence-corrected chi connectivity index (χ2v) is 9.14. The lowest BCUT2D eigenvalue weighted by molar-refractivity contribution is -0.128. The topological polar surface area (TPSA) is 107 Å². The second kappa shape index (κ2) is 13.6. The number of benzene rings is 2. The number of carbonyl (C=O) groups excluding carboxylic acids is 3. The molecule has 3 N–H and O–H groups in total. The fourth-order valence-electron chi connectivity index (χ4n) is 4.15. The first-order chi connectivity index (χ1) is 17.4. The molecule has 1 fully saturated rings. The minimum atomic E-state index is -1.16. The third-order valence-electron chi connectivity index (χ3n) is 6.29. The number of aliphatic hydroxyl groups is 2. The summed E-state index contributed by atoms with van der Waals surface area (Å²) in [4.78, 5) is 37.7. The van der Waals surface area contributed by atoms with Gasteiger partial charge in [-0.1, -0.05) is 30.4 Å². The molecule has 2 amide bonds. The molecule has 0 bridgehead atoms. The van der Waals surface area contributed by atoms with E-state index in [-0.39, 0.29) is 0 Å². The number of aliphatic hydroxyl groups excluding tert-OH is 2. The Kier molecular flexibility index (Phi) is 10.2. The zero-order valence-corrected chi connectivity index (χ0v) is 20.7. The van der Waals surface area contributed by atoms with Gasteiger partial charge in [0.25, 0.3) is 5.91 Å². The van der Waals surface area contributed by atoms with Crippen molar-refractivity contribution in [2.75, 3.05) is 19.7 Å². The van der Waals surface area contributed by atoms with Gasteiger partial charge in [0, 0.05) is 36.2 Å². The van der Waals surface area contributed by atoms with E-state index in [1.54, 1.807) is 24.3 Å². The van der Waals surface area contributed by atoms with Crippen LogP contribution in [0.3, 0.4) is 0 Å². The van der Waals surface area contributed by atoms with Crippen molar-refractivity contribution >= 4 is 17.6 Å². The lowest BCUT2D eigenvalue weighted by Gasteiger charge is -2.19. The Hall–Kier alpha value is -3.47. The number of Topliss-reactive ketones (excluding diaryl/α,β-unsaturated/α-hetero) is 1. The number of ketones is 1. The second-order valence-electron chi connectivity index (χ2n) is 9.14. The predicted molar refractivity (Wildman–Crippen MR) is 137 cm³/mol. The highest BCUT2D eigenvalue weighted by atomic mass is 16.3. The maximum absolute atomic E-state index is 12.4. The van der Waals surface area contributed by atoms with E-state index in [0.717, 1.165) is 56.3 Å². The van der Waals surface area contributed by atoms with Crippen molar-refractivity contribution in [1.82, 2.24) is 10.2 Å². The summed E-state index contributed by atoms with van der Waals surface area (Å²) in [6, 6.07) is 13.7. The van der Waals surface area contributed by atoms with Crippen LogP contribution in [-0.4, -0.2) is 64.6 Å². The van der Waals surface area contributed by atoms with Crippen LogP contribution >= 0.6 is 0 Å². The molecule has 0 spiro atoms. The first kappa shape index (κ1) is 27.1. The van der Waals surface area contributed by atoms with Gasteiger partial charge in [0.2, 0.25) is 5.91 Å². The van der Waals surface area contributed by atoms with Gasteiger partial charge in [0.05, 0.1) is 6.10 Å². The Balaban J connectivity index is 1.46. The maximum Gasteiger partial charge on any atom is 0.251 e. The van der Waals surface area contributed by atoms with Crippen molar-refractivity contribution < 1.29 is 24.6 Å². The molecular weight excluding hydrogens is 456 g/mol. The predicted octanol–water partition coefficient (Wildman–Crippen LogP) is 2.46. The Labute approximate surface area is 212 Å². The minimum Gasteiger partial charge on any atom is -0.391 e. The van der Waals surface area contributed by atoms with Gasteiger partial charge in [-0.2, -0.15) is 0 Å². The largest absolute Gasteiger partial charge is 0.391 e. The standard InChI is InChI=1S/C29H34N2O5/c1-21(33)28(26(34)20-32)30-29(36)25-16-14-24(15-17-25)13-12-23-10-8-22(9-11-23)6-3-2-4-18-31-19-5-7-27(31)35/h8-11,14-17,21,28,32-33H,2-7,18-20H2,1H3,(H,30,36)/t21-,28+/m1/s1. The van der Waals surface area contributed by atoms with Gasteiger partial charge >= 0.3 is 0 Å². The summed E-state index contributed by atoms with van der Waals surface area (Å²) in [6.45, 7) is 2.42. The van der Waals surface area contributed by atoms with E-state index >= 15 is 0 Å². The van der Waals surface area contributed by atoms with Gasteiger partial charge in [-0.05, 0) is 74.6 Å². The Morgan fingerprint density at radius 2 is 1.64 bits per heavy atom. The maximum atomic E-state index is 12.4. The van der Waals surface area contributed by atoms with E-state index in [9.17, 15) is 19.5 Å². The van der Waals surface area contributed by atoms with Crippen LogP contribution in [0.2, 0.25) is 0 Å². The summed E-state index contributed by atoms with van der Waals surface area (Å²) >= 11 is 0. The van der Waals surface area contributed by atoms with Gasteiger partial charge in [-0.3, -0.25) is 14.4 Å². The lowest BCUT2D eigenvalue weighted by atomic mass is 10.0. The number of likely N-dealkylation sites (tertiary alicyclic amines) is 1. The van der Waals surface area contributed by atoms with E-state index in [1.807, 2.05) is 17.0 Å². The third-order valence-corrected chi connectivity index (χ3v) is 6.29. The fourth-order valence-corrected chi connectivity index (χ4v) is 4.15. The number of hydrogen-bond acceptors (Lipinski definition) is 5. The zero-order chi connectivity index (χ0) is 25.9.